The Morgan fingerprint density at radius 3 is 2.68 bits per heavy atom. The molecule has 0 saturated carbocycles. The Labute approximate surface area is 118 Å². The van der Waals surface area contributed by atoms with E-state index in [1.807, 2.05) is 0 Å². The van der Waals surface area contributed by atoms with Gasteiger partial charge in [0.2, 0.25) is 10.0 Å². The normalized spacial score (nSPS) is 12.7. The highest BCUT2D eigenvalue weighted by Gasteiger charge is 2.14. The molecule has 0 aromatic carbocycles. The van der Waals surface area contributed by atoms with E-state index in [1.165, 1.54) is 20.0 Å². The van der Waals surface area contributed by atoms with E-state index in [2.05, 4.69) is 12.1 Å². The molecule has 0 bridgehead atoms. The van der Waals surface area contributed by atoms with Gasteiger partial charge in [0.05, 0.1) is 5.71 Å². The van der Waals surface area contributed by atoms with Crippen LogP contribution in [0.5, 0.6) is 0 Å². The van der Waals surface area contributed by atoms with Gasteiger partial charge in [-0.15, -0.1) is 11.3 Å². The molecule has 5 nitrogen and oxygen atoms in total. The molecule has 1 rings (SSSR count). The van der Waals surface area contributed by atoms with E-state index in [0.717, 1.165) is 41.9 Å². The lowest BCUT2D eigenvalue weighted by atomic mass is 10.1. The van der Waals surface area contributed by atoms with Crippen molar-refractivity contribution in [2.24, 2.45) is 10.3 Å². The molecule has 7 heteroatoms. The number of primary sulfonamides is 1. The number of hydrogen-bond acceptors (Lipinski definition) is 5. The molecular weight excluding hydrogens is 284 g/mol. The van der Waals surface area contributed by atoms with Crippen molar-refractivity contribution in [3.8, 4) is 0 Å². The van der Waals surface area contributed by atoms with Gasteiger partial charge in [-0.3, -0.25) is 0 Å². The van der Waals surface area contributed by atoms with Gasteiger partial charge in [-0.05, 0) is 18.9 Å². The first-order chi connectivity index (χ1) is 8.99. The Morgan fingerprint density at radius 1 is 1.42 bits per heavy atom. The largest absolute Gasteiger partial charge is 0.399 e. The highest BCUT2D eigenvalue weighted by molar-refractivity contribution is 7.91. The Hall–Kier alpha value is -0.920. The first-order valence-corrected chi connectivity index (χ1v) is 8.63. The maximum absolute atomic E-state index is 11.2. The lowest BCUT2D eigenvalue weighted by molar-refractivity contribution is 0.212. The van der Waals surface area contributed by atoms with Gasteiger partial charge in [-0.1, -0.05) is 31.3 Å². The minimum atomic E-state index is -3.64. The van der Waals surface area contributed by atoms with Crippen LogP contribution in [0, 0.1) is 0 Å². The van der Waals surface area contributed by atoms with Crippen LogP contribution >= 0.6 is 11.3 Å². The molecule has 1 aromatic rings. The third-order valence-corrected chi connectivity index (χ3v) is 5.04. The summed E-state index contributed by atoms with van der Waals surface area (Å²) in [5, 5.41) is 10.8. The topological polar surface area (TPSA) is 81.8 Å². The third-order valence-electron chi connectivity index (χ3n) is 2.66. The summed E-state index contributed by atoms with van der Waals surface area (Å²) >= 11 is 1.11. The monoisotopic (exact) mass is 304 g/mol. The van der Waals surface area contributed by atoms with Crippen LogP contribution in [-0.4, -0.2) is 21.2 Å². The average molecular weight is 304 g/mol. The molecule has 0 spiro atoms. The number of nitrogens with zero attached hydrogens (tertiary/aromatic N) is 1. The van der Waals surface area contributed by atoms with Crippen molar-refractivity contribution in [3.05, 3.63) is 17.0 Å². The van der Waals surface area contributed by atoms with Crippen molar-refractivity contribution in [1.29, 1.82) is 0 Å². The molecule has 0 radical (unpaired) electrons. The Bertz CT molecular complexity index is 521. The smallest absolute Gasteiger partial charge is 0.247 e. The summed E-state index contributed by atoms with van der Waals surface area (Å²) < 4.78 is 22.6. The zero-order chi connectivity index (χ0) is 14.3. The molecule has 1 heterocycles. The molecule has 2 N–H and O–H groups in total. The minimum absolute atomic E-state index is 0.153. The number of nitrogens with two attached hydrogens (primary N) is 1. The molecule has 0 aliphatic rings. The highest BCUT2D eigenvalue weighted by atomic mass is 32.2. The summed E-state index contributed by atoms with van der Waals surface area (Å²) in [4.78, 5) is 4.82. The van der Waals surface area contributed by atoms with Crippen LogP contribution in [0.3, 0.4) is 0 Å². The zero-order valence-electron chi connectivity index (χ0n) is 11.3. The van der Waals surface area contributed by atoms with E-state index in [1.54, 1.807) is 11.4 Å². The van der Waals surface area contributed by atoms with E-state index in [9.17, 15) is 8.42 Å². The molecule has 0 fully saturated rings. The van der Waals surface area contributed by atoms with E-state index in [0.29, 0.717) is 0 Å². The summed E-state index contributed by atoms with van der Waals surface area (Å²) in [6.07, 6.45) is 5.27. The average Bonchev–Trinajstić information content (AvgIpc) is 2.82. The van der Waals surface area contributed by atoms with Gasteiger partial charge in [0, 0.05) is 10.9 Å². The number of oxime groups is 1. The maximum atomic E-state index is 11.2. The first-order valence-electron chi connectivity index (χ1n) is 6.20. The quantitative estimate of drug-likeness (QED) is 0.455. The van der Waals surface area contributed by atoms with Gasteiger partial charge < -0.3 is 4.84 Å². The van der Waals surface area contributed by atoms with E-state index in [4.69, 9.17) is 9.98 Å². The molecule has 108 valence electrons. The van der Waals surface area contributed by atoms with E-state index >= 15 is 0 Å². The fraction of sp³-hybridized carbons (Fsp3) is 0.583. The Kier molecular flexibility index (Phi) is 6.47. The van der Waals surface area contributed by atoms with Crippen molar-refractivity contribution >= 4 is 27.1 Å². The molecule has 0 atom stereocenters. The van der Waals surface area contributed by atoms with Crippen molar-refractivity contribution in [3.63, 3.8) is 0 Å². The Balaban J connectivity index is 2.77. The maximum Gasteiger partial charge on any atom is 0.247 e. The van der Waals surface area contributed by atoms with E-state index < -0.39 is 10.0 Å². The van der Waals surface area contributed by atoms with Crippen LogP contribution in [0.4, 0.5) is 0 Å². The molecular formula is C12H20N2O3S2. The second kappa shape index (κ2) is 7.62. The van der Waals surface area contributed by atoms with Crippen molar-refractivity contribution in [2.45, 2.75) is 43.2 Å². The summed E-state index contributed by atoms with van der Waals surface area (Å²) in [5.74, 6) is 0. The van der Waals surface area contributed by atoms with Crippen molar-refractivity contribution in [1.82, 2.24) is 0 Å². The predicted molar refractivity (Wildman–Crippen MR) is 78.0 cm³/mol. The summed E-state index contributed by atoms with van der Waals surface area (Å²) in [6, 6.07) is 1.55. The van der Waals surface area contributed by atoms with Crippen LogP contribution in [0.1, 0.15) is 44.6 Å². The second-order valence-electron chi connectivity index (χ2n) is 4.23. The lowest BCUT2D eigenvalue weighted by Gasteiger charge is -2.03. The SMILES string of the molecule is CCCCCC/C(=N\OC)c1csc(S(N)(=O)=O)c1. The molecule has 0 saturated heterocycles. The summed E-state index contributed by atoms with van der Waals surface area (Å²) in [7, 11) is -2.15. The number of hydrogen-bond donors (Lipinski definition) is 1. The van der Waals surface area contributed by atoms with Gasteiger partial charge in [0.15, 0.2) is 0 Å². The van der Waals surface area contributed by atoms with Gasteiger partial charge in [-0.2, -0.15) is 0 Å². The molecule has 1 aromatic heterocycles. The fourth-order valence-corrected chi connectivity index (χ4v) is 3.30. The number of unbranched alkanes of at least 4 members (excludes halogenated alkanes) is 3. The van der Waals surface area contributed by atoms with Crippen LogP contribution in [0.2, 0.25) is 0 Å². The summed E-state index contributed by atoms with van der Waals surface area (Å²) in [5.41, 5.74) is 1.54. The van der Waals surface area contributed by atoms with Crippen molar-refractivity contribution < 1.29 is 13.3 Å². The Morgan fingerprint density at radius 2 is 2.16 bits per heavy atom. The fourth-order valence-electron chi connectivity index (χ4n) is 1.69. The van der Waals surface area contributed by atoms with Crippen LogP contribution in [0.25, 0.3) is 0 Å². The molecule has 0 amide bonds. The van der Waals surface area contributed by atoms with Gasteiger partial charge in [-0.25, -0.2) is 13.6 Å². The van der Waals surface area contributed by atoms with Crippen LogP contribution in [0.15, 0.2) is 20.8 Å². The number of sulfonamides is 1. The molecule has 0 unspecified atom stereocenters. The molecule has 0 aliphatic heterocycles. The highest BCUT2D eigenvalue weighted by Crippen LogP contribution is 2.21. The standard InChI is InChI=1S/C12H20N2O3S2/c1-3-4-5-6-7-11(14-17-2)10-8-12(18-9-10)19(13,15)16/h8-9H,3-7H2,1-2H3,(H2,13,15,16)/b14-11+. The minimum Gasteiger partial charge on any atom is -0.399 e. The number of rotatable bonds is 8. The van der Waals surface area contributed by atoms with Crippen molar-refractivity contribution in [2.75, 3.05) is 7.11 Å². The lowest BCUT2D eigenvalue weighted by Crippen LogP contribution is -2.10. The predicted octanol–water partition coefficient (Wildman–Crippen LogP) is 2.72. The zero-order valence-corrected chi connectivity index (χ0v) is 12.9. The van der Waals surface area contributed by atoms with Gasteiger partial charge in [0.25, 0.3) is 0 Å². The molecule has 19 heavy (non-hydrogen) atoms. The summed E-state index contributed by atoms with van der Waals surface area (Å²) in [6.45, 7) is 2.15. The van der Waals surface area contributed by atoms with E-state index in [-0.39, 0.29) is 4.21 Å². The van der Waals surface area contributed by atoms with Gasteiger partial charge in [0.1, 0.15) is 11.3 Å². The third kappa shape index (κ3) is 5.30. The van der Waals surface area contributed by atoms with Gasteiger partial charge >= 0.3 is 0 Å². The first kappa shape index (κ1) is 16.1. The molecule has 0 aliphatic carbocycles. The number of thiophene rings is 1. The second-order valence-corrected chi connectivity index (χ2v) is 6.93. The van der Waals surface area contributed by atoms with Crippen LogP contribution < -0.4 is 5.14 Å². The van der Waals surface area contributed by atoms with Crippen LogP contribution in [-0.2, 0) is 14.9 Å².